The van der Waals surface area contributed by atoms with Crippen molar-refractivity contribution in [1.82, 2.24) is 0 Å². The summed E-state index contributed by atoms with van der Waals surface area (Å²) in [5, 5.41) is 11.4. The molecule has 0 aliphatic carbocycles. The predicted octanol–water partition coefficient (Wildman–Crippen LogP) is 6.68. The molecule has 115 valence electrons. The fourth-order valence-corrected chi connectivity index (χ4v) is 2.68. The molecule has 0 N–H and O–H groups in total. The van der Waals surface area contributed by atoms with Crippen LogP contribution in [0.15, 0.2) is 0 Å². The summed E-state index contributed by atoms with van der Waals surface area (Å²) in [5.74, 6) is 0. The van der Waals surface area contributed by atoms with Gasteiger partial charge in [-0.15, -0.1) is 0 Å². The van der Waals surface area contributed by atoms with Gasteiger partial charge in [-0.2, -0.15) is 0 Å². The van der Waals surface area contributed by atoms with Crippen molar-refractivity contribution < 1.29 is 5.11 Å². The smallest absolute Gasteiger partial charge is 0.0930 e. The molecule has 0 aromatic heterocycles. The average Bonchev–Trinajstić information content (AvgIpc) is 2.40. The van der Waals surface area contributed by atoms with E-state index in [9.17, 15) is 5.11 Å². The van der Waals surface area contributed by atoms with Gasteiger partial charge in [-0.1, -0.05) is 97.3 Å². The van der Waals surface area contributed by atoms with Gasteiger partial charge in [0, 0.05) is 0 Å². The lowest BCUT2D eigenvalue weighted by atomic mass is 10.0. The van der Waals surface area contributed by atoms with Crippen LogP contribution in [-0.4, -0.2) is 6.10 Å². The first kappa shape index (κ1) is 19.0. The highest BCUT2D eigenvalue weighted by Gasteiger charge is 2.03. The van der Waals surface area contributed by atoms with Crippen LogP contribution in [0, 0.1) is 0 Å². The number of unbranched alkanes of at least 4 members (excludes halogenated alkanes) is 11. The standard InChI is InChI=1S/C18H37O/c1-3-5-6-7-8-9-10-11-12-13-14-15-17-18(19)16-4-2/h18H,3-17H2,1-2H3. The lowest BCUT2D eigenvalue weighted by Crippen LogP contribution is -2.02. The monoisotopic (exact) mass is 269 g/mol. The van der Waals surface area contributed by atoms with Crippen LogP contribution in [0.5, 0.6) is 0 Å². The first-order valence-electron chi connectivity index (χ1n) is 8.97. The summed E-state index contributed by atoms with van der Waals surface area (Å²) >= 11 is 0. The van der Waals surface area contributed by atoms with Crippen LogP contribution >= 0.6 is 0 Å². The van der Waals surface area contributed by atoms with Crippen molar-refractivity contribution in [2.45, 2.75) is 116 Å². The van der Waals surface area contributed by atoms with Crippen LogP contribution in [0.4, 0.5) is 0 Å². The van der Waals surface area contributed by atoms with Gasteiger partial charge in [-0.3, -0.25) is 0 Å². The van der Waals surface area contributed by atoms with Gasteiger partial charge in [0.25, 0.3) is 0 Å². The highest BCUT2D eigenvalue weighted by Crippen LogP contribution is 2.13. The summed E-state index contributed by atoms with van der Waals surface area (Å²) in [6, 6.07) is 0. The third-order valence-electron chi connectivity index (χ3n) is 3.99. The molecule has 1 atom stereocenters. The molecule has 0 aliphatic heterocycles. The third kappa shape index (κ3) is 15.9. The Labute approximate surface area is 122 Å². The lowest BCUT2D eigenvalue weighted by Gasteiger charge is -2.06. The summed E-state index contributed by atoms with van der Waals surface area (Å²) in [7, 11) is 0. The molecule has 0 heterocycles. The maximum atomic E-state index is 11.4. The van der Waals surface area contributed by atoms with Crippen molar-refractivity contribution in [3.8, 4) is 0 Å². The Morgan fingerprint density at radius 3 is 1.37 bits per heavy atom. The molecule has 0 fully saturated rings. The van der Waals surface area contributed by atoms with Gasteiger partial charge in [0.05, 0.1) is 6.10 Å². The third-order valence-corrected chi connectivity index (χ3v) is 3.99. The summed E-state index contributed by atoms with van der Waals surface area (Å²) < 4.78 is 0. The molecule has 0 saturated carbocycles. The molecule has 19 heavy (non-hydrogen) atoms. The van der Waals surface area contributed by atoms with Gasteiger partial charge in [0.1, 0.15) is 0 Å². The first-order chi connectivity index (χ1) is 9.31. The molecular formula is C18H37O. The highest BCUT2D eigenvalue weighted by molar-refractivity contribution is 4.55. The zero-order valence-corrected chi connectivity index (χ0v) is 13.6. The van der Waals surface area contributed by atoms with Crippen molar-refractivity contribution in [2.24, 2.45) is 0 Å². The van der Waals surface area contributed by atoms with Gasteiger partial charge in [0.2, 0.25) is 0 Å². The van der Waals surface area contributed by atoms with Crippen molar-refractivity contribution >= 4 is 0 Å². The molecule has 0 spiro atoms. The number of hydrogen-bond acceptors (Lipinski definition) is 0. The minimum absolute atomic E-state index is 0.284. The molecule has 1 heteroatoms. The van der Waals surface area contributed by atoms with Crippen molar-refractivity contribution in [3.63, 3.8) is 0 Å². The Morgan fingerprint density at radius 1 is 0.526 bits per heavy atom. The largest absolute Gasteiger partial charge is 0.233 e. The van der Waals surface area contributed by atoms with Gasteiger partial charge < -0.3 is 0 Å². The molecule has 1 unspecified atom stereocenters. The molecule has 0 rings (SSSR count). The van der Waals surface area contributed by atoms with E-state index in [4.69, 9.17) is 0 Å². The van der Waals surface area contributed by atoms with E-state index in [0.29, 0.717) is 0 Å². The Morgan fingerprint density at radius 2 is 0.947 bits per heavy atom. The van der Waals surface area contributed by atoms with E-state index in [1.807, 2.05) is 0 Å². The topological polar surface area (TPSA) is 19.9 Å². The van der Waals surface area contributed by atoms with E-state index in [0.717, 1.165) is 25.7 Å². The maximum Gasteiger partial charge on any atom is 0.0930 e. The van der Waals surface area contributed by atoms with Crippen LogP contribution in [-0.2, 0) is 5.11 Å². The summed E-state index contributed by atoms with van der Waals surface area (Å²) in [4.78, 5) is 0. The van der Waals surface area contributed by atoms with Crippen LogP contribution in [0.25, 0.3) is 0 Å². The number of hydrogen-bond donors (Lipinski definition) is 0. The first-order valence-corrected chi connectivity index (χ1v) is 8.97. The van der Waals surface area contributed by atoms with Gasteiger partial charge in [0.15, 0.2) is 0 Å². The highest BCUT2D eigenvalue weighted by atomic mass is 16.3. The Kier molecular flexibility index (Phi) is 16.0. The van der Waals surface area contributed by atoms with E-state index in [1.165, 1.54) is 70.6 Å². The van der Waals surface area contributed by atoms with Crippen LogP contribution in [0.3, 0.4) is 0 Å². The summed E-state index contributed by atoms with van der Waals surface area (Å²) in [5.41, 5.74) is 0. The van der Waals surface area contributed by atoms with Crippen molar-refractivity contribution in [1.29, 1.82) is 0 Å². The Balaban J connectivity index is 2.99. The zero-order valence-electron chi connectivity index (χ0n) is 13.6. The molecule has 0 saturated heterocycles. The second kappa shape index (κ2) is 16.0. The average molecular weight is 269 g/mol. The molecule has 0 aliphatic rings. The molecule has 1 nitrogen and oxygen atoms in total. The second-order valence-corrected chi connectivity index (χ2v) is 6.09. The zero-order chi connectivity index (χ0) is 14.2. The number of rotatable bonds is 15. The summed E-state index contributed by atoms with van der Waals surface area (Å²) in [6.07, 6.45) is 19.0. The van der Waals surface area contributed by atoms with E-state index in [-0.39, 0.29) is 6.10 Å². The van der Waals surface area contributed by atoms with Crippen LogP contribution in [0.1, 0.15) is 110 Å². The van der Waals surface area contributed by atoms with Crippen LogP contribution < -0.4 is 0 Å². The molecule has 0 aromatic rings. The van der Waals surface area contributed by atoms with E-state index < -0.39 is 0 Å². The Bertz CT molecular complexity index is 156. The van der Waals surface area contributed by atoms with Gasteiger partial charge in [-0.25, -0.2) is 5.11 Å². The van der Waals surface area contributed by atoms with Gasteiger partial charge >= 0.3 is 0 Å². The maximum absolute atomic E-state index is 11.4. The van der Waals surface area contributed by atoms with Gasteiger partial charge in [-0.05, 0) is 12.8 Å². The quantitative estimate of drug-likeness (QED) is 0.296. The minimum Gasteiger partial charge on any atom is -0.233 e. The van der Waals surface area contributed by atoms with Crippen LogP contribution in [0.2, 0.25) is 0 Å². The molecule has 0 amide bonds. The minimum atomic E-state index is -0.284. The molecular weight excluding hydrogens is 232 g/mol. The molecule has 0 aromatic carbocycles. The lowest BCUT2D eigenvalue weighted by molar-refractivity contribution is 0.0706. The second-order valence-electron chi connectivity index (χ2n) is 6.09. The normalized spacial score (nSPS) is 12.8. The fourth-order valence-electron chi connectivity index (χ4n) is 2.68. The van der Waals surface area contributed by atoms with E-state index in [2.05, 4.69) is 13.8 Å². The molecule has 1 radical (unpaired) electrons. The predicted molar refractivity (Wildman–Crippen MR) is 85.1 cm³/mol. The van der Waals surface area contributed by atoms with E-state index in [1.54, 1.807) is 0 Å². The fraction of sp³-hybridized carbons (Fsp3) is 1.00. The molecule has 0 bridgehead atoms. The summed E-state index contributed by atoms with van der Waals surface area (Å²) in [6.45, 7) is 4.38. The van der Waals surface area contributed by atoms with E-state index >= 15 is 0 Å². The Hall–Kier alpha value is -0.0400. The van der Waals surface area contributed by atoms with Crippen molar-refractivity contribution in [3.05, 3.63) is 0 Å². The van der Waals surface area contributed by atoms with Crippen molar-refractivity contribution in [2.75, 3.05) is 0 Å². The SMILES string of the molecule is CCCCCCCCCCCCCCC([O])CCC.